The maximum absolute atomic E-state index is 6.22. The van der Waals surface area contributed by atoms with Crippen molar-refractivity contribution in [1.29, 1.82) is 0 Å². The van der Waals surface area contributed by atoms with Crippen LogP contribution in [0.5, 0.6) is 0 Å². The van der Waals surface area contributed by atoms with Gasteiger partial charge in [0.05, 0.1) is 12.7 Å². The van der Waals surface area contributed by atoms with Crippen LogP contribution in [0.4, 0.5) is 0 Å². The minimum Gasteiger partial charge on any atom is -0.372 e. The van der Waals surface area contributed by atoms with Crippen molar-refractivity contribution in [2.75, 3.05) is 13.2 Å². The molecule has 0 saturated heterocycles. The first-order chi connectivity index (χ1) is 9.81. The molecule has 2 aliphatic carbocycles. The minimum absolute atomic E-state index is 0.134. The van der Waals surface area contributed by atoms with E-state index in [9.17, 15) is 0 Å². The first-order valence-electron chi connectivity index (χ1n) is 7.92. The molecule has 1 N–H and O–H groups in total. The molecule has 2 fully saturated rings. The zero-order valence-electron chi connectivity index (χ0n) is 12.0. The molecule has 3 heteroatoms. The molecule has 1 unspecified atom stereocenters. The molecule has 3 rings (SSSR count). The van der Waals surface area contributed by atoms with E-state index in [1.165, 1.54) is 44.1 Å². The van der Waals surface area contributed by atoms with Gasteiger partial charge in [0.1, 0.15) is 0 Å². The number of halogens is 1. The van der Waals surface area contributed by atoms with Gasteiger partial charge in [-0.1, -0.05) is 36.6 Å². The molecule has 0 aromatic heterocycles. The van der Waals surface area contributed by atoms with Crippen molar-refractivity contribution in [2.24, 2.45) is 5.92 Å². The Labute approximate surface area is 126 Å². The van der Waals surface area contributed by atoms with E-state index in [0.29, 0.717) is 6.04 Å². The van der Waals surface area contributed by atoms with Gasteiger partial charge < -0.3 is 10.1 Å². The van der Waals surface area contributed by atoms with Crippen molar-refractivity contribution in [2.45, 2.75) is 50.7 Å². The lowest BCUT2D eigenvalue weighted by atomic mass is 10.1. The summed E-state index contributed by atoms with van der Waals surface area (Å²) in [6, 6.07) is 8.82. The topological polar surface area (TPSA) is 21.3 Å². The zero-order valence-corrected chi connectivity index (χ0v) is 12.7. The van der Waals surface area contributed by atoms with E-state index >= 15 is 0 Å². The smallest absolute Gasteiger partial charge is 0.0949 e. The van der Waals surface area contributed by atoms with Gasteiger partial charge in [-0.15, -0.1) is 0 Å². The Morgan fingerprint density at radius 2 is 2.00 bits per heavy atom. The quantitative estimate of drug-likeness (QED) is 0.807. The highest BCUT2D eigenvalue weighted by molar-refractivity contribution is 6.30. The van der Waals surface area contributed by atoms with Crippen molar-refractivity contribution in [3.05, 3.63) is 34.9 Å². The average molecular weight is 294 g/mol. The van der Waals surface area contributed by atoms with Gasteiger partial charge in [0, 0.05) is 17.6 Å². The van der Waals surface area contributed by atoms with Gasteiger partial charge in [0.2, 0.25) is 0 Å². The molecule has 0 heterocycles. The molecule has 1 aromatic carbocycles. The first-order valence-corrected chi connectivity index (χ1v) is 8.29. The normalized spacial score (nSPS) is 21.2. The lowest BCUT2D eigenvalue weighted by Gasteiger charge is -2.21. The molecule has 0 aliphatic heterocycles. The van der Waals surface area contributed by atoms with Crippen LogP contribution in [0.15, 0.2) is 24.3 Å². The van der Waals surface area contributed by atoms with Crippen molar-refractivity contribution >= 4 is 11.6 Å². The summed E-state index contributed by atoms with van der Waals surface area (Å²) >= 11 is 6.12. The summed E-state index contributed by atoms with van der Waals surface area (Å²) in [5.41, 5.74) is 1.20. The molecule has 0 spiro atoms. The first kappa shape index (κ1) is 14.4. The van der Waals surface area contributed by atoms with Crippen LogP contribution in [-0.2, 0) is 4.74 Å². The summed E-state index contributed by atoms with van der Waals surface area (Å²) in [5.74, 6) is 0.762. The Kier molecular flexibility index (Phi) is 4.98. The average Bonchev–Trinajstić information content (AvgIpc) is 3.13. The molecular formula is C17H24ClNO. The fourth-order valence-electron chi connectivity index (χ4n) is 2.97. The van der Waals surface area contributed by atoms with Crippen LogP contribution in [0.2, 0.25) is 5.02 Å². The van der Waals surface area contributed by atoms with Crippen LogP contribution in [-0.4, -0.2) is 19.2 Å². The van der Waals surface area contributed by atoms with Crippen LogP contribution in [0.25, 0.3) is 0 Å². The molecule has 2 nitrogen and oxygen atoms in total. The third kappa shape index (κ3) is 4.21. The summed E-state index contributed by atoms with van der Waals surface area (Å²) in [4.78, 5) is 0. The summed E-state index contributed by atoms with van der Waals surface area (Å²) in [6.45, 7) is 1.79. The highest BCUT2D eigenvalue weighted by atomic mass is 35.5. The SMILES string of the molecule is Clc1cccc(C(CNC2CC2)OCC2CCCC2)c1. The predicted molar refractivity (Wildman–Crippen MR) is 83.1 cm³/mol. The molecule has 0 radical (unpaired) electrons. The van der Waals surface area contributed by atoms with Crippen molar-refractivity contribution in [3.63, 3.8) is 0 Å². The van der Waals surface area contributed by atoms with E-state index in [-0.39, 0.29) is 6.10 Å². The highest BCUT2D eigenvalue weighted by Crippen LogP contribution is 2.28. The van der Waals surface area contributed by atoms with E-state index < -0.39 is 0 Å². The summed E-state index contributed by atoms with van der Waals surface area (Å²) in [7, 11) is 0. The molecule has 110 valence electrons. The minimum atomic E-state index is 0.134. The second-order valence-electron chi connectivity index (χ2n) is 6.21. The lowest BCUT2D eigenvalue weighted by Crippen LogP contribution is -2.26. The number of hydrogen-bond acceptors (Lipinski definition) is 2. The van der Waals surface area contributed by atoms with Gasteiger partial charge >= 0.3 is 0 Å². The molecular weight excluding hydrogens is 270 g/mol. The van der Waals surface area contributed by atoms with Gasteiger partial charge in [0.25, 0.3) is 0 Å². The molecule has 2 aliphatic rings. The number of ether oxygens (including phenoxy) is 1. The van der Waals surface area contributed by atoms with Gasteiger partial charge in [-0.2, -0.15) is 0 Å². The number of nitrogens with one attached hydrogen (secondary N) is 1. The van der Waals surface area contributed by atoms with Crippen LogP contribution in [0.3, 0.4) is 0 Å². The van der Waals surface area contributed by atoms with Crippen molar-refractivity contribution < 1.29 is 4.74 Å². The van der Waals surface area contributed by atoms with E-state index in [2.05, 4.69) is 11.4 Å². The maximum Gasteiger partial charge on any atom is 0.0949 e. The highest BCUT2D eigenvalue weighted by Gasteiger charge is 2.24. The molecule has 0 amide bonds. The maximum atomic E-state index is 6.22. The number of rotatable bonds is 7. The van der Waals surface area contributed by atoms with Gasteiger partial charge in [-0.05, 0) is 49.3 Å². The van der Waals surface area contributed by atoms with Crippen LogP contribution in [0.1, 0.15) is 50.2 Å². The Hall–Kier alpha value is -0.570. The van der Waals surface area contributed by atoms with Gasteiger partial charge in [-0.25, -0.2) is 0 Å². The molecule has 20 heavy (non-hydrogen) atoms. The Balaban J connectivity index is 1.59. The van der Waals surface area contributed by atoms with Gasteiger partial charge in [-0.3, -0.25) is 0 Å². The third-order valence-electron chi connectivity index (χ3n) is 4.40. The van der Waals surface area contributed by atoms with Crippen LogP contribution in [0, 0.1) is 5.92 Å². The van der Waals surface area contributed by atoms with Crippen LogP contribution >= 0.6 is 11.6 Å². The van der Waals surface area contributed by atoms with Crippen molar-refractivity contribution in [1.82, 2.24) is 5.32 Å². The second kappa shape index (κ2) is 6.93. The van der Waals surface area contributed by atoms with Gasteiger partial charge in [0.15, 0.2) is 0 Å². The zero-order chi connectivity index (χ0) is 13.8. The third-order valence-corrected chi connectivity index (χ3v) is 4.63. The van der Waals surface area contributed by atoms with E-state index in [1.54, 1.807) is 0 Å². The summed E-state index contributed by atoms with van der Waals surface area (Å²) in [5, 5.41) is 4.38. The lowest BCUT2D eigenvalue weighted by molar-refractivity contribution is 0.0292. The van der Waals surface area contributed by atoms with E-state index in [0.717, 1.165) is 24.1 Å². The second-order valence-corrected chi connectivity index (χ2v) is 6.65. The monoisotopic (exact) mass is 293 g/mol. The van der Waals surface area contributed by atoms with E-state index in [4.69, 9.17) is 16.3 Å². The van der Waals surface area contributed by atoms with Crippen molar-refractivity contribution in [3.8, 4) is 0 Å². The van der Waals surface area contributed by atoms with Crippen LogP contribution < -0.4 is 5.32 Å². The fourth-order valence-corrected chi connectivity index (χ4v) is 3.17. The number of benzene rings is 1. The Morgan fingerprint density at radius 1 is 1.20 bits per heavy atom. The predicted octanol–water partition coefficient (Wildman–Crippen LogP) is 4.34. The fraction of sp³-hybridized carbons (Fsp3) is 0.647. The molecule has 1 aromatic rings. The molecule has 2 saturated carbocycles. The Bertz CT molecular complexity index is 427. The molecule has 1 atom stereocenters. The largest absolute Gasteiger partial charge is 0.372 e. The molecule has 0 bridgehead atoms. The van der Waals surface area contributed by atoms with E-state index in [1.807, 2.05) is 18.2 Å². The standard InChI is InChI=1S/C17H24ClNO/c18-15-7-3-6-14(10-15)17(11-19-16-8-9-16)20-12-13-4-1-2-5-13/h3,6-7,10,13,16-17,19H,1-2,4-5,8-9,11-12H2. The number of hydrogen-bond donors (Lipinski definition) is 1. The summed E-state index contributed by atoms with van der Waals surface area (Å²) in [6.07, 6.45) is 8.16. The Morgan fingerprint density at radius 3 is 2.70 bits per heavy atom. The summed E-state index contributed by atoms with van der Waals surface area (Å²) < 4.78 is 6.22.